The van der Waals surface area contributed by atoms with E-state index in [1.54, 1.807) is 30.3 Å². The van der Waals surface area contributed by atoms with Gasteiger partial charge in [0.1, 0.15) is 11.4 Å². The third kappa shape index (κ3) is 2.95. The number of hydrogen-bond donors (Lipinski definition) is 2. The number of halogens is 1. The SMILES string of the molecule is Nc1ccc(N=Nc2ccc(O)cc2Cl)cc1. The van der Waals surface area contributed by atoms with Crippen LogP contribution in [0.2, 0.25) is 5.02 Å². The van der Waals surface area contributed by atoms with Gasteiger partial charge in [0.25, 0.3) is 0 Å². The smallest absolute Gasteiger partial charge is 0.117 e. The second-order valence-corrected chi connectivity index (χ2v) is 3.83. The summed E-state index contributed by atoms with van der Waals surface area (Å²) < 4.78 is 0. The molecule has 0 aliphatic rings. The van der Waals surface area contributed by atoms with E-state index in [1.807, 2.05) is 0 Å². The Labute approximate surface area is 103 Å². The van der Waals surface area contributed by atoms with Gasteiger partial charge in [-0.25, -0.2) is 0 Å². The number of phenols is 1. The molecule has 2 aromatic rings. The van der Waals surface area contributed by atoms with Crippen LogP contribution in [-0.4, -0.2) is 5.11 Å². The van der Waals surface area contributed by atoms with E-state index in [0.717, 1.165) is 0 Å². The monoisotopic (exact) mass is 247 g/mol. The molecule has 0 spiro atoms. The van der Waals surface area contributed by atoms with Gasteiger partial charge in [0, 0.05) is 11.8 Å². The number of hydrogen-bond acceptors (Lipinski definition) is 4. The highest BCUT2D eigenvalue weighted by Crippen LogP contribution is 2.29. The number of aromatic hydroxyl groups is 1. The van der Waals surface area contributed by atoms with Crippen molar-refractivity contribution < 1.29 is 5.11 Å². The van der Waals surface area contributed by atoms with Gasteiger partial charge < -0.3 is 10.8 Å². The molecule has 0 amide bonds. The number of nitrogens with zero attached hydrogens (tertiary/aromatic N) is 2. The summed E-state index contributed by atoms with van der Waals surface area (Å²) >= 11 is 5.89. The molecule has 0 saturated carbocycles. The van der Waals surface area contributed by atoms with Crippen molar-refractivity contribution in [2.24, 2.45) is 10.2 Å². The van der Waals surface area contributed by atoms with Crippen molar-refractivity contribution in [1.29, 1.82) is 0 Å². The van der Waals surface area contributed by atoms with Crippen LogP contribution in [0, 0.1) is 0 Å². The summed E-state index contributed by atoms with van der Waals surface area (Å²) in [7, 11) is 0. The zero-order chi connectivity index (χ0) is 12.3. The maximum absolute atomic E-state index is 9.18. The van der Waals surface area contributed by atoms with Gasteiger partial charge in [-0.05, 0) is 36.4 Å². The average molecular weight is 248 g/mol. The Balaban J connectivity index is 2.23. The van der Waals surface area contributed by atoms with Gasteiger partial charge in [-0.1, -0.05) is 11.6 Å². The van der Waals surface area contributed by atoms with E-state index in [2.05, 4.69) is 10.2 Å². The Bertz CT molecular complexity index is 552. The molecule has 0 aliphatic heterocycles. The fourth-order valence-electron chi connectivity index (χ4n) is 1.23. The van der Waals surface area contributed by atoms with Crippen LogP contribution in [0.3, 0.4) is 0 Å². The summed E-state index contributed by atoms with van der Waals surface area (Å²) in [5.74, 6) is 0.0986. The molecule has 0 unspecified atom stereocenters. The average Bonchev–Trinajstić information content (AvgIpc) is 2.30. The van der Waals surface area contributed by atoms with E-state index in [4.69, 9.17) is 17.3 Å². The Hall–Kier alpha value is -2.07. The summed E-state index contributed by atoms with van der Waals surface area (Å²) in [5, 5.41) is 17.5. The first kappa shape index (κ1) is 11.4. The van der Waals surface area contributed by atoms with E-state index in [-0.39, 0.29) is 5.75 Å². The van der Waals surface area contributed by atoms with Crippen molar-refractivity contribution >= 4 is 28.7 Å². The maximum Gasteiger partial charge on any atom is 0.117 e. The van der Waals surface area contributed by atoms with Crippen molar-refractivity contribution in [3.05, 3.63) is 47.5 Å². The molecule has 0 aliphatic carbocycles. The van der Waals surface area contributed by atoms with Crippen LogP contribution in [0.15, 0.2) is 52.7 Å². The van der Waals surface area contributed by atoms with Crippen LogP contribution in [0.4, 0.5) is 17.1 Å². The minimum atomic E-state index is 0.0986. The molecule has 0 aromatic heterocycles. The zero-order valence-electron chi connectivity index (χ0n) is 8.84. The van der Waals surface area contributed by atoms with E-state index in [0.29, 0.717) is 22.1 Å². The first-order valence-electron chi connectivity index (χ1n) is 4.91. The summed E-state index contributed by atoms with van der Waals surface area (Å²) in [4.78, 5) is 0. The topological polar surface area (TPSA) is 71.0 Å². The van der Waals surface area contributed by atoms with Crippen LogP contribution in [0.5, 0.6) is 5.75 Å². The molecule has 5 heteroatoms. The predicted molar refractivity (Wildman–Crippen MR) is 68.1 cm³/mol. The molecule has 0 fully saturated rings. The molecule has 17 heavy (non-hydrogen) atoms. The molecule has 0 saturated heterocycles. The predicted octanol–water partition coefficient (Wildman–Crippen LogP) is 4.04. The Morgan fingerprint density at radius 3 is 2.35 bits per heavy atom. The quantitative estimate of drug-likeness (QED) is 0.621. The van der Waals surface area contributed by atoms with Crippen LogP contribution in [0.25, 0.3) is 0 Å². The van der Waals surface area contributed by atoms with Crippen LogP contribution in [0.1, 0.15) is 0 Å². The van der Waals surface area contributed by atoms with Crippen LogP contribution in [-0.2, 0) is 0 Å². The van der Waals surface area contributed by atoms with Gasteiger partial charge in [-0.2, -0.15) is 5.11 Å². The number of rotatable bonds is 2. The molecular weight excluding hydrogens is 238 g/mol. The van der Waals surface area contributed by atoms with Gasteiger partial charge in [0.2, 0.25) is 0 Å². The molecule has 3 N–H and O–H groups in total. The van der Waals surface area contributed by atoms with Gasteiger partial charge in [-0.15, -0.1) is 5.11 Å². The first-order chi connectivity index (χ1) is 8.15. The lowest BCUT2D eigenvalue weighted by Gasteiger charge is -1.98. The molecule has 2 rings (SSSR count). The molecule has 86 valence electrons. The van der Waals surface area contributed by atoms with E-state index < -0.39 is 0 Å². The minimum absolute atomic E-state index is 0.0986. The standard InChI is InChI=1S/C12H10ClN3O/c13-11-7-10(17)5-6-12(11)16-15-9-3-1-8(14)2-4-9/h1-7,17H,14H2. The number of anilines is 1. The number of phenolic OH excluding ortho intramolecular Hbond substituents is 1. The van der Waals surface area contributed by atoms with E-state index >= 15 is 0 Å². The molecule has 0 radical (unpaired) electrons. The Kier molecular flexibility index (Phi) is 3.25. The van der Waals surface area contributed by atoms with Crippen molar-refractivity contribution in [2.45, 2.75) is 0 Å². The van der Waals surface area contributed by atoms with Crippen molar-refractivity contribution in [1.82, 2.24) is 0 Å². The van der Waals surface area contributed by atoms with Crippen molar-refractivity contribution in [2.75, 3.05) is 5.73 Å². The van der Waals surface area contributed by atoms with Gasteiger partial charge >= 0.3 is 0 Å². The van der Waals surface area contributed by atoms with Crippen LogP contribution >= 0.6 is 11.6 Å². The fourth-order valence-corrected chi connectivity index (χ4v) is 1.44. The van der Waals surface area contributed by atoms with Gasteiger partial charge in [0.15, 0.2) is 0 Å². The highest BCUT2D eigenvalue weighted by atomic mass is 35.5. The van der Waals surface area contributed by atoms with E-state index in [9.17, 15) is 5.11 Å². The zero-order valence-corrected chi connectivity index (χ0v) is 9.59. The lowest BCUT2D eigenvalue weighted by molar-refractivity contribution is 0.475. The maximum atomic E-state index is 9.18. The molecule has 2 aromatic carbocycles. The third-order valence-corrected chi connectivity index (χ3v) is 2.40. The van der Waals surface area contributed by atoms with Gasteiger partial charge in [0.05, 0.1) is 10.7 Å². The first-order valence-corrected chi connectivity index (χ1v) is 5.29. The molecular formula is C12H10ClN3O. The fraction of sp³-hybridized carbons (Fsp3) is 0. The lowest BCUT2D eigenvalue weighted by Crippen LogP contribution is -1.80. The summed E-state index contributed by atoms with van der Waals surface area (Å²) in [5.41, 5.74) is 7.41. The van der Waals surface area contributed by atoms with Gasteiger partial charge in [-0.3, -0.25) is 0 Å². The summed E-state index contributed by atoms with van der Waals surface area (Å²) in [6.07, 6.45) is 0. The Morgan fingerprint density at radius 1 is 1.00 bits per heavy atom. The third-order valence-electron chi connectivity index (χ3n) is 2.10. The summed E-state index contributed by atoms with van der Waals surface area (Å²) in [6, 6.07) is 11.5. The lowest BCUT2D eigenvalue weighted by atomic mass is 10.3. The molecule has 4 nitrogen and oxygen atoms in total. The Morgan fingerprint density at radius 2 is 1.71 bits per heavy atom. The summed E-state index contributed by atoms with van der Waals surface area (Å²) in [6.45, 7) is 0. The highest BCUT2D eigenvalue weighted by Gasteiger charge is 1.99. The largest absolute Gasteiger partial charge is 0.508 e. The van der Waals surface area contributed by atoms with Crippen LogP contribution < -0.4 is 5.73 Å². The highest BCUT2D eigenvalue weighted by molar-refractivity contribution is 6.33. The molecule has 0 bridgehead atoms. The molecule has 0 atom stereocenters. The molecule has 0 heterocycles. The number of benzene rings is 2. The normalized spacial score (nSPS) is 10.9. The number of nitrogen functional groups attached to an aromatic ring is 1. The van der Waals surface area contributed by atoms with Crippen molar-refractivity contribution in [3.63, 3.8) is 0 Å². The second kappa shape index (κ2) is 4.84. The number of azo groups is 1. The van der Waals surface area contributed by atoms with Crippen molar-refractivity contribution in [3.8, 4) is 5.75 Å². The minimum Gasteiger partial charge on any atom is -0.508 e. The number of nitrogens with two attached hydrogens (primary N) is 1. The second-order valence-electron chi connectivity index (χ2n) is 3.43. The van der Waals surface area contributed by atoms with E-state index in [1.165, 1.54) is 12.1 Å².